The van der Waals surface area contributed by atoms with Crippen LogP contribution in [-0.4, -0.2) is 0 Å². The Morgan fingerprint density at radius 2 is 2.14 bits per heavy atom. The van der Waals surface area contributed by atoms with E-state index >= 15 is 0 Å². The maximum absolute atomic E-state index is 13.5. The molecule has 0 saturated carbocycles. The number of nitriles is 1. The Kier molecular flexibility index (Phi) is 3.19. The highest BCUT2D eigenvalue weighted by atomic mass is 79.9. The fourth-order valence-corrected chi connectivity index (χ4v) is 1.86. The quantitative estimate of drug-likeness (QED) is 0.844. The first kappa shape index (κ1) is 11.1. The lowest BCUT2D eigenvalue weighted by molar-refractivity contribution is 0.554. The topological polar surface area (TPSA) is 49.8 Å². The molecule has 74 valence electrons. The van der Waals surface area contributed by atoms with E-state index in [2.05, 4.69) is 15.9 Å². The third-order valence-electron chi connectivity index (χ3n) is 1.77. The van der Waals surface area contributed by atoms with Crippen LogP contribution in [-0.2, 0) is 0 Å². The first-order valence-electron chi connectivity index (χ1n) is 3.82. The molecule has 1 rings (SSSR count). The lowest BCUT2D eigenvalue weighted by Crippen LogP contribution is -2.10. The maximum atomic E-state index is 13.5. The van der Waals surface area contributed by atoms with Gasteiger partial charge in [-0.2, -0.15) is 5.26 Å². The van der Waals surface area contributed by atoms with E-state index in [4.69, 9.17) is 11.0 Å². The number of benzene rings is 1. The monoisotopic (exact) mass is 260 g/mol. The third-order valence-corrected chi connectivity index (χ3v) is 2.43. The van der Waals surface area contributed by atoms with Crippen molar-refractivity contribution in [3.63, 3.8) is 0 Å². The second-order valence-electron chi connectivity index (χ2n) is 2.84. The number of rotatable bonds is 1. The van der Waals surface area contributed by atoms with Gasteiger partial charge in [-0.3, -0.25) is 0 Å². The average Bonchev–Trinajstić information content (AvgIpc) is 2.02. The largest absolute Gasteiger partial charge is 0.324 e. The zero-order valence-corrected chi connectivity index (χ0v) is 8.90. The van der Waals surface area contributed by atoms with Crippen molar-refractivity contribution in [1.29, 1.82) is 5.26 Å². The lowest BCUT2D eigenvalue weighted by Gasteiger charge is -2.11. The highest BCUT2D eigenvalue weighted by molar-refractivity contribution is 9.10. The van der Waals surface area contributed by atoms with E-state index in [-0.39, 0.29) is 10.0 Å². The smallest absolute Gasteiger partial charge is 0.149 e. The molecule has 1 aromatic rings. The molecule has 0 heterocycles. The Hall–Kier alpha value is -0.990. The summed E-state index contributed by atoms with van der Waals surface area (Å²) in [7, 11) is 0. The van der Waals surface area contributed by atoms with Crippen molar-refractivity contribution in [2.45, 2.75) is 13.0 Å². The molecule has 5 heteroatoms. The minimum Gasteiger partial charge on any atom is -0.324 e. The molecule has 2 nitrogen and oxygen atoms in total. The predicted molar refractivity (Wildman–Crippen MR) is 51.4 cm³/mol. The maximum Gasteiger partial charge on any atom is 0.149 e. The van der Waals surface area contributed by atoms with E-state index in [1.807, 2.05) is 0 Å². The molecule has 14 heavy (non-hydrogen) atoms. The molecule has 0 unspecified atom stereocenters. The van der Waals surface area contributed by atoms with Gasteiger partial charge in [0.05, 0.1) is 0 Å². The van der Waals surface area contributed by atoms with E-state index in [1.165, 1.54) is 6.07 Å². The molecule has 0 bridgehead atoms. The Labute approximate surface area is 88.5 Å². The van der Waals surface area contributed by atoms with E-state index < -0.39 is 23.2 Å². The van der Waals surface area contributed by atoms with Gasteiger partial charge in [0.1, 0.15) is 23.3 Å². The number of halogens is 3. The summed E-state index contributed by atoms with van der Waals surface area (Å²) in [5.41, 5.74) is 5.00. The molecule has 0 saturated heterocycles. The molecule has 0 radical (unpaired) electrons. The summed E-state index contributed by atoms with van der Waals surface area (Å²) in [5.74, 6) is -1.78. The first-order valence-corrected chi connectivity index (χ1v) is 4.61. The van der Waals surface area contributed by atoms with Gasteiger partial charge in [0.15, 0.2) is 0 Å². The Morgan fingerprint density at radius 3 is 2.57 bits per heavy atom. The van der Waals surface area contributed by atoms with Crippen LogP contribution in [0.2, 0.25) is 0 Å². The van der Waals surface area contributed by atoms with E-state index in [0.29, 0.717) is 0 Å². The highest BCUT2D eigenvalue weighted by Crippen LogP contribution is 2.28. The van der Waals surface area contributed by atoms with E-state index in [0.717, 1.165) is 6.07 Å². The molecule has 2 N–H and O–H groups in total. The van der Waals surface area contributed by atoms with Crippen molar-refractivity contribution < 1.29 is 8.78 Å². The summed E-state index contributed by atoms with van der Waals surface area (Å²) in [4.78, 5) is 0. The lowest BCUT2D eigenvalue weighted by atomic mass is 10.0. The first-order chi connectivity index (χ1) is 6.49. The Bertz CT molecular complexity index is 410. The van der Waals surface area contributed by atoms with Gasteiger partial charge in [0, 0.05) is 16.1 Å². The van der Waals surface area contributed by atoms with Gasteiger partial charge in [-0.1, -0.05) is 15.9 Å². The normalized spacial score (nSPS) is 12.3. The highest BCUT2D eigenvalue weighted by Gasteiger charge is 2.19. The Balaban J connectivity index is 3.54. The summed E-state index contributed by atoms with van der Waals surface area (Å²) in [6.07, 6.45) is 0. The van der Waals surface area contributed by atoms with Crippen molar-refractivity contribution >= 4 is 15.9 Å². The standard InChI is InChI=1S/C9H7BrF2N2/c1-4(14)8-6(10)2-7(11)5(3-13)9(8)12/h2,4H,14H2,1H3/t4-/m0/s1. The van der Waals surface area contributed by atoms with Crippen LogP contribution in [0.4, 0.5) is 8.78 Å². The van der Waals surface area contributed by atoms with Gasteiger partial charge in [0.2, 0.25) is 0 Å². The molecular weight excluding hydrogens is 254 g/mol. The summed E-state index contributed by atoms with van der Waals surface area (Å²) >= 11 is 2.99. The fourth-order valence-electron chi connectivity index (χ4n) is 1.13. The molecule has 1 aromatic carbocycles. The van der Waals surface area contributed by atoms with Crippen molar-refractivity contribution in [3.05, 3.63) is 33.3 Å². The van der Waals surface area contributed by atoms with E-state index in [1.54, 1.807) is 6.92 Å². The van der Waals surface area contributed by atoms with Crippen LogP contribution >= 0.6 is 15.9 Å². The van der Waals surface area contributed by atoms with Crippen LogP contribution in [0.3, 0.4) is 0 Å². The fraction of sp³-hybridized carbons (Fsp3) is 0.222. The van der Waals surface area contributed by atoms with Gasteiger partial charge in [-0.05, 0) is 13.0 Å². The molecule has 0 aromatic heterocycles. The van der Waals surface area contributed by atoms with Gasteiger partial charge >= 0.3 is 0 Å². The van der Waals surface area contributed by atoms with Crippen LogP contribution in [0.15, 0.2) is 10.5 Å². The van der Waals surface area contributed by atoms with Crippen molar-refractivity contribution in [2.24, 2.45) is 5.73 Å². The minimum absolute atomic E-state index is 0.114. The molecule has 0 aliphatic carbocycles. The summed E-state index contributed by atoms with van der Waals surface area (Å²) in [6.45, 7) is 1.56. The molecule has 0 spiro atoms. The molecule has 0 fully saturated rings. The summed E-state index contributed by atoms with van der Waals surface area (Å²) in [6, 6.07) is 1.90. The zero-order valence-electron chi connectivity index (χ0n) is 7.31. The number of nitrogens with zero attached hydrogens (tertiary/aromatic N) is 1. The van der Waals surface area contributed by atoms with Crippen LogP contribution in [0.5, 0.6) is 0 Å². The molecule has 0 aliphatic rings. The van der Waals surface area contributed by atoms with Crippen molar-refractivity contribution in [3.8, 4) is 6.07 Å². The Morgan fingerprint density at radius 1 is 1.57 bits per heavy atom. The number of hydrogen-bond donors (Lipinski definition) is 1. The van der Waals surface area contributed by atoms with Gasteiger partial charge in [0.25, 0.3) is 0 Å². The van der Waals surface area contributed by atoms with Gasteiger partial charge in [-0.25, -0.2) is 8.78 Å². The molecular formula is C9H7BrF2N2. The second kappa shape index (κ2) is 4.03. The summed E-state index contributed by atoms with van der Waals surface area (Å²) in [5, 5.41) is 8.51. The minimum atomic E-state index is -0.894. The van der Waals surface area contributed by atoms with Crippen LogP contribution in [0.25, 0.3) is 0 Å². The van der Waals surface area contributed by atoms with Crippen LogP contribution in [0, 0.1) is 23.0 Å². The molecule has 0 aliphatic heterocycles. The van der Waals surface area contributed by atoms with Gasteiger partial charge < -0.3 is 5.73 Å². The second-order valence-corrected chi connectivity index (χ2v) is 3.70. The number of hydrogen-bond acceptors (Lipinski definition) is 2. The van der Waals surface area contributed by atoms with Crippen LogP contribution in [0.1, 0.15) is 24.1 Å². The van der Waals surface area contributed by atoms with Gasteiger partial charge in [-0.15, -0.1) is 0 Å². The predicted octanol–water partition coefficient (Wildman–Crippen LogP) is 2.62. The number of nitrogens with two attached hydrogens (primary N) is 1. The van der Waals surface area contributed by atoms with Crippen molar-refractivity contribution in [2.75, 3.05) is 0 Å². The summed E-state index contributed by atoms with van der Waals surface area (Å²) < 4.78 is 26.7. The van der Waals surface area contributed by atoms with E-state index in [9.17, 15) is 8.78 Å². The zero-order chi connectivity index (χ0) is 10.9. The molecule has 1 atom stereocenters. The average molecular weight is 261 g/mol. The molecule has 0 amide bonds. The third kappa shape index (κ3) is 1.76. The SMILES string of the molecule is C[C@H](N)c1c(Br)cc(F)c(C#N)c1F. The van der Waals surface area contributed by atoms with Crippen molar-refractivity contribution in [1.82, 2.24) is 0 Å². The van der Waals surface area contributed by atoms with Crippen LogP contribution < -0.4 is 5.73 Å².